The zero-order valence-electron chi connectivity index (χ0n) is 15.0. The summed E-state index contributed by atoms with van der Waals surface area (Å²) in [6.45, 7) is 6.93. The van der Waals surface area contributed by atoms with Crippen molar-refractivity contribution in [1.82, 2.24) is 14.5 Å². The third kappa shape index (κ3) is 3.74. The molecular formula is C20H25FN4. The van der Waals surface area contributed by atoms with Crippen molar-refractivity contribution in [2.75, 3.05) is 13.1 Å². The first-order chi connectivity index (χ1) is 12.1. The van der Waals surface area contributed by atoms with Gasteiger partial charge in [-0.15, -0.1) is 0 Å². The van der Waals surface area contributed by atoms with E-state index in [-0.39, 0.29) is 17.3 Å². The highest BCUT2D eigenvalue weighted by molar-refractivity contribution is 5.21. The van der Waals surface area contributed by atoms with Crippen LogP contribution < -0.4 is 0 Å². The zero-order valence-corrected chi connectivity index (χ0v) is 15.0. The SMILES string of the molecule is CCC1(C#N)CCN(Cc2cncn2[C@H](C)c2ccc(F)cc2)CC1. The highest BCUT2D eigenvalue weighted by atomic mass is 19.1. The van der Waals surface area contributed by atoms with Gasteiger partial charge in [0.05, 0.1) is 29.5 Å². The van der Waals surface area contributed by atoms with E-state index in [1.165, 1.54) is 12.1 Å². The summed E-state index contributed by atoms with van der Waals surface area (Å²) < 4.78 is 15.3. The number of nitrogens with zero attached hydrogens (tertiary/aromatic N) is 4. The summed E-state index contributed by atoms with van der Waals surface area (Å²) in [4.78, 5) is 6.72. The number of aromatic nitrogens is 2. The maximum atomic E-state index is 13.2. The molecule has 0 unspecified atom stereocenters. The van der Waals surface area contributed by atoms with Crippen molar-refractivity contribution < 1.29 is 4.39 Å². The van der Waals surface area contributed by atoms with Gasteiger partial charge < -0.3 is 4.57 Å². The monoisotopic (exact) mass is 340 g/mol. The summed E-state index contributed by atoms with van der Waals surface area (Å²) in [6.07, 6.45) is 6.55. The molecule has 1 aromatic heterocycles. The van der Waals surface area contributed by atoms with Crippen LogP contribution in [0.5, 0.6) is 0 Å². The molecular weight excluding hydrogens is 315 g/mol. The van der Waals surface area contributed by atoms with Crippen LogP contribution in [0.4, 0.5) is 4.39 Å². The predicted octanol–water partition coefficient (Wildman–Crippen LogP) is 4.15. The Morgan fingerprint density at radius 3 is 2.56 bits per heavy atom. The fourth-order valence-electron chi connectivity index (χ4n) is 3.62. The maximum absolute atomic E-state index is 13.2. The molecule has 1 aliphatic heterocycles. The fraction of sp³-hybridized carbons (Fsp3) is 0.500. The van der Waals surface area contributed by atoms with Gasteiger partial charge in [0.25, 0.3) is 0 Å². The van der Waals surface area contributed by atoms with E-state index in [9.17, 15) is 9.65 Å². The molecule has 1 aliphatic rings. The quantitative estimate of drug-likeness (QED) is 0.821. The van der Waals surface area contributed by atoms with E-state index in [2.05, 4.69) is 34.4 Å². The number of hydrogen-bond donors (Lipinski definition) is 0. The highest BCUT2D eigenvalue weighted by Crippen LogP contribution is 2.34. The second-order valence-electron chi connectivity index (χ2n) is 7.04. The smallest absolute Gasteiger partial charge is 0.123 e. The minimum absolute atomic E-state index is 0.108. The summed E-state index contributed by atoms with van der Waals surface area (Å²) >= 11 is 0. The topological polar surface area (TPSA) is 44.9 Å². The predicted molar refractivity (Wildman–Crippen MR) is 95.3 cm³/mol. The van der Waals surface area contributed by atoms with Gasteiger partial charge in [0, 0.05) is 25.8 Å². The Bertz CT molecular complexity index is 736. The van der Waals surface area contributed by atoms with E-state index in [0.29, 0.717) is 0 Å². The average Bonchev–Trinajstić information content (AvgIpc) is 3.11. The van der Waals surface area contributed by atoms with Crippen LogP contribution in [0.2, 0.25) is 0 Å². The van der Waals surface area contributed by atoms with Gasteiger partial charge in [-0.2, -0.15) is 5.26 Å². The number of likely N-dealkylation sites (tertiary alicyclic amines) is 1. The number of imidazole rings is 1. The largest absolute Gasteiger partial charge is 0.326 e. The Balaban J connectivity index is 1.69. The lowest BCUT2D eigenvalue weighted by Gasteiger charge is -2.36. The molecule has 0 amide bonds. The van der Waals surface area contributed by atoms with Gasteiger partial charge in [0.15, 0.2) is 0 Å². The highest BCUT2D eigenvalue weighted by Gasteiger charge is 2.33. The molecule has 5 heteroatoms. The van der Waals surface area contributed by atoms with Crippen molar-refractivity contribution in [3.63, 3.8) is 0 Å². The Morgan fingerprint density at radius 2 is 1.96 bits per heavy atom. The Morgan fingerprint density at radius 1 is 1.28 bits per heavy atom. The van der Waals surface area contributed by atoms with Gasteiger partial charge in [-0.3, -0.25) is 4.90 Å². The van der Waals surface area contributed by atoms with E-state index in [4.69, 9.17) is 0 Å². The van der Waals surface area contributed by atoms with Crippen molar-refractivity contribution in [1.29, 1.82) is 5.26 Å². The molecule has 0 aliphatic carbocycles. The molecule has 1 fully saturated rings. The molecule has 1 saturated heterocycles. The fourth-order valence-corrected chi connectivity index (χ4v) is 3.62. The number of hydrogen-bond acceptors (Lipinski definition) is 3. The molecule has 0 saturated carbocycles. The molecule has 0 radical (unpaired) electrons. The number of benzene rings is 1. The molecule has 4 nitrogen and oxygen atoms in total. The first-order valence-electron chi connectivity index (χ1n) is 8.97. The molecule has 25 heavy (non-hydrogen) atoms. The van der Waals surface area contributed by atoms with E-state index in [0.717, 1.165) is 50.2 Å². The standard InChI is InChI=1S/C20H25FN4/c1-3-20(14-22)8-10-24(11-9-20)13-19-12-23-15-25(19)16(2)17-4-6-18(21)7-5-17/h4-7,12,15-16H,3,8-11,13H2,1-2H3/t16-/m1/s1. The van der Waals surface area contributed by atoms with Crippen molar-refractivity contribution >= 4 is 0 Å². The first-order valence-corrected chi connectivity index (χ1v) is 8.97. The van der Waals surface area contributed by atoms with Crippen LogP contribution in [-0.4, -0.2) is 27.5 Å². The third-order valence-corrected chi connectivity index (χ3v) is 5.63. The molecule has 0 bridgehead atoms. The molecule has 132 valence electrons. The molecule has 1 aromatic carbocycles. The summed E-state index contributed by atoms with van der Waals surface area (Å²) in [5.41, 5.74) is 2.07. The van der Waals surface area contributed by atoms with Gasteiger partial charge in [-0.25, -0.2) is 9.37 Å². The molecule has 2 aromatic rings. The van der Waals surface area contributed by atoms with Gasteiger partial charge in [-0.05, 0) is 43.9 Å². The second kappa shape index (κ2) is 7.37. The number of nitriles is 1. The van der Waals surface area contributed by atoms with Crippen LogP contribution in [0.3, 0.4) is 0 Å². The number of piperidine rings is 1. The maximum Gasteiger partial charge on any atom is 0.123 e. The normalized spacial score (nSPS) is 18.6. The van der Waals surface area contributed by atoms with E-state index >= 15 is 0 Å². The molecule has 0 N–H and O–H groups in total. The van der Waals surface area contributed by atoms with Crippen molar-refractivity contribution in [2.45, 2.75) is 45.7 Å². The van der Waals surface area contributed by atoms with Gasteiger partial charge >= 0.3 is 0 Å². The lowest BCUT2D eigenvalue weighted by Crippen LogP contribution is -2.39. The van der Waals surface area contributed by atoms with Crippen molar-refractivity contribution in [3.8, 4) is 6.07 Å². The van der Waals surface area contributed by atoms with Crippen LogP contribution in [0.1, 0.15) is 50.4 Å². The summed E-state index contributed by atoms with van der Waals surface area (Å²) in [6, 6.07) is 9.29. The minimum atomic E-state index is -0.216. The summed E-state index contributed by atoms with van der Waals surface area (Å²) in [5.74, 6) is -0.216. The molecule has 1 atom stereocenters. The van der Waals surface area contributed by atoms with Crippen LogP contribution in [0, 0.1) is 22.6 Å². The first kappa shape index (κ1) is 17.6. The van der Waals surface area contributed by atoms with E-state index < -0.39 is 0 Å². The lowest BCUT2D eigenvalue weighted by atomic mass is 9.77. The average molecular weight is 340 g/mol. The van der Waals surface area contributed by atoms with Crippen LogP contribution >= 0.6 is 0 Å². The zero-order chi connectivity index (χ0) is 17.9. The third-order valence-electron chi connectivity index (χ3n) is 5.63. The lowest BCUT2D eigenvalue weighted by molar-refractivity contribution is 0.133. The van der Waals surface area contributed by atoms with Crippen LogP contribution in [0.15, 0.2) is 36.8 Å². The van der Waals surface area contributed by atoms with Crippen molar-refractivity contribution in [3.05, 3.63) is 53.9 Å². The van der Waals surface area contributed by atoms with E-state index in [1.54, 1.807) is 0 Å². The van der Waals surface area contributed by atoms with Gasteiger partial charge in [0.2, 0.25) is 0 Å². The second-order valence-corrected chi connectivity index (χ2v) is 7.04. The summed E-state index contributed by atoms with van der Waals surface area (Å²) in [5, 5.41) is 9.44. The summed E-state index contributed by atoms with van der Waals surface area (Å²) in [7, 11) is 0. The van der Waals surface area contributed by atoms with Crippen molar-refractivity contribution in [2.24, 2.45) is 5.41 Å². The Kier molecular flexibility index (Phi) is 5.19. The van der Waals surface area contributed by atoms with Crippen LogP contribution in [0.25, 0.3) is 0 Å². The number of halogens is 1. The number of rotatable bonds is 5. The Labute approximate surface area is 148 Å². The van der Waals surface area contributed by atoms with Gasteiger partial charge in [0.1, 0.15) is 5.82 Å². The van der Waals surface area contributed by atoms with Gasteiger partial charge in [-0.1, -0.05) is 19.1 Å². The van der Waals surface area contributed by atoms with E-state index in [1.807, 2.05) is 24.7 Å². The molecule has 2 heterocycles. The minimum Gasteiger partial charge on any atom is -0.326 e. The Hall–Kier alpha value is -2.19. The van der Waals surface area contributed by atoms with Crippen LogP contribution in [-0.2, 0) is 6.54 Å². The molecule has 0 spiro atoms. The molecule has 3 rings (SSSR count).